The topological polar surface area (TPSA) is 37.0 Å². The monoisotopic (exact) mass is 289 g/mol. The van der Waals surface area contributed by atoms with Crippen molar-refractivity contribution in [2.45, 2.75) is 32.6 Å². The lowest BCUT2D eigenvalue weighted by Gasteiger charge is -2.22. The van der Waals surface area contributed by atoms with Gasteiger partial charge in [-0.15, -0.1) is 0 Å². The molecule has 2 N–H and O–H groups in total. The Balaban J connectivity index is 1.73. The lowest BCUT2D eigenvalue weighted by Crippen LogP contribution is -2.31. The number of hydrogen-bond donors (Lipinski definition) is 2. The Morgan fingerprint density at radius 1 is 1.35 bits per heavy atom. The first-order valence-corrected chi connectivity index (χ1v) is 8.39. The second-order valence-corrected chi connectivity index (χ2v) is 6.97. The van der Waals surface area contributed by atoms with Gasteiger partial charge in [0.15, 0.2) is 5.13 Å². The van der Waals surface area contributed by atoms with Gasteiger partial charge in [-0.05, 0) is 49.4 Å². The molecule has 1 aromatic heterocycles. The Hall–Kier alpha value is -1.13. The minimum atomic E-state index is 0.526. The van der Waals surface area contributed by atoms with Crippen LogP contribution in [0.5, 0.6) is 0 Å². The van der Waals surface area contributed by atoms with Gasteiger partial charge in [-0.1, -0.05) is 37.3 Å². The highest BCUT2D eigenvalue weighted by Gasteiger charge is 2.14. The SMILES string of the molecule is CC(C)c1cccc2sc(NCC3CCNCC3)nc12. The molecule has 0 radical (unpaired) electrons. The number of benzene rings is 1. The van der Waals surface area contributed by atoms with Gasteiger partial charge in [0.2, 0.25) is 0 Å². The van der Waals surface area contributed by atoms with Gasteiger partial charge in [-0.2, -0.15) is 0 Å². The van der Waals surface area contributed by atoms with Crippen molar-refractivity contribution in [2.24, 2.45) is 5.92 Å². The van der Waals surface area contributed by atoms with Gasteiger partial charge in [0.25, 0.3) is 0 Å². The zero-order valence-electron chi connectivity index (χ0n) is 12.3. The fourth-order valence-corrected chi connectivity index (χ4v) is 3.74. The molecule has 0 amide bonds. The molecule has 0 spiro atoms. The van der Waals surface area contributed by atoms with Crippen molar-refractivity contribution in [1.82, 2.24) is 10.3 Å². The van der Waals surface area contributed by atoms with Crippen molar-refractivity contribution >= 4 is 26.7 Å². The third kappa shape index (κ3) is 2.96. The minimum Gasteiger partial charge on any atom is -0.361 e. The second-order valence-electron chi connectivity index (χ2n) is 5.94. The van der Waals surface area contributed by atoms with Gasteiger partial charge in [-0.25, -0.2) is 4.98 Å². The Morgan fingerprint density at radius 2 is 2.15 bits per heavy atom. The van der Waals surface area contributed by atoms with Crippen LogP contribution in [0.25, 0.3) is 10.2 Å². The van der Waals surface area contributed by atoms with Crippen LogP contribution in [0.3, 0.4) is 0 Å². The summed E-state index contributed by atoms with van der Waals surface area (Å²) in [7, 11) is 0. The van der Waals surface area contributed by atoms with Gasteiger partial charge >= 0.3 is 0 Å². The molecule has 0 unspecified atom stereocenters. The quantitative estimate of drug-likeness (QED) is 0.898. The molecule has 0 atom stereocenters. The summed E-state index contributed by atoms with van der Waals surface area (Å²) in [5.74, 6) is 1.31. The number of thiazole rings is 1. The summed E-state index contributed by atoms with van der Waals surface area (Å²) in [5, 5.41) is 8.04. The number of fused-ring (bicyclic) bond motifs is 1. The van der Waals surface area contributed by atoms with Gasteiger partial charge < -0.3 is 10.6 Å². The zero-order chi connectivity index (χ0) is 13.9. The number of aromatic nitrogens is 1. The summed E-state index contributed by atoms with van der Waals surface area (Å²) < 4.78 is 1.30. The highest BCUT2D eigenvalue weighted by atomic mass is 32.1. The van der Waals surface area contributed by atoms with E-state index in [-0.39, 0.29) is 0 Å². The summed E-state index contributed by atoms with van der Waals surface area (Å²) in [6.07, 6.45) is 2.55. The zero-order valence-corrected chi connectivity index (χ0v) is 13.1. The Bertz CT molecular complexity index is 570. The van der Waals surface area contributed by atoms with Crippen LogP contribution in [0.15, 0.2) is 18.2 Å². The number of piperidine rings is 1. The number of rotatable bonds is 4. The molecular weight excluding hydrogens is 266 g/mol. The fraction of sp³-hybridized carbons (Fsp3) is 0.562. The smallest absolute Gasteiger partial charge is 0.183 e. The number of anilines is 1. The van der Waals surface area contributed by atoms with Crippen LogP contribution < -0.4 is 10.6 Å². The molecule has 2 heterocycles. The summed E-state index contributed by atoms with van der Waals surface area (Å²) >= 11 is 1.78. The third-order valence-corrected chi connectivity index (χ3v) is 5.05. The van der Waals surface area contributed by atoms with E-state index in [1.54, 1.807) is 11.3 Å². The summed E-state index contributed by atoms with van der Waals surface area (Å²) in [5.41, 5.74) is 2.54. The van der Waals surface area contributed by atoms with Crippen molar-refractivity contribution in [2.75, 3.05) is 25.0 Å². The molecule has 0 bridgehead atoms. The molecule has 20 heavy (non-hydrogen) atoms. The average Bonchev–Trinajstić information content (AvgIpc) is 2.88. The first kappa shape index (κ1) is 13.8. The van der Waals surface area contributed by atoms with Crippen molar-refractivity contribution in [3.63, 3.8) is 0 Å². The van der Waals surface area contributed by atoms with Crippen LogP contribution in [0.1, 0.15) is 38.2 Å². The molecule has 1 aliphatic heterocycles. The molecular formula is C16H23N3S. The molecule has 1 fully saturated rings. The lowest BCUT2D eigenvalue weighted by atomic mass is 9.98. The second kappa shape index (κ2) is 6.10. The van der Waals surface area contributed by atoms with E-state index in [0.29, 0.717) is 5.92 Å². The summed E-state index contributed by atoms with van der Waals surface area (Å²) in [4.78, 5) is 4.81. The number of para-hydroxylation sites is 1. The van der Waals surface area contributed by atoms with Crippen LogP contribution in [0, 0.1) is 5.92 Å². The van der Waals surface area contributed by atoms with Crippen LogP contribution in [-0.2, 0) is 0 Å². The maximum Gasteiger partial charge on any atom is 0.183 e. The molecule has 0 saturated carbocycles. The van der Waals surface area contributed by atoms with Crippen molar-refractivity contribution in [1.29, 1.82) is 0 Å². The van der Waals surface area contributed by atoms with E-state index < -0.39 is 0 Å². The van der Waals surface area contributed by atoms with Crippen LogP contribution in [0.4, 0.5) is 5.13 Å². The first-order valence-electron chi connectivity index (χ1n) is 7.58. The van der Waals surface area contributed by atoms with Crippen LogP contribution >= 0.6 is 11.3 Å². The molecule has 4 heteroatoms. The van der Waals surface area contributed by atoms with E-state index >= 15 is 0 Å². The maximum absolute atomic E-state index is 4.81. The van der Waals surface area contributed by atoms with E-state index in [9.17, 15) is 0 Å². The van der Waals surface area contributed by atoms with E-state index in [0.717, 1.165) is 30.7 Å². The normalized spacial score (nSPS) is 16.9. The van der Waals surface area contributed by atoms with E-state index in [1.165, 1.54) is 28.6 Å². The lowest BCUT2D eigenvalue weighted by molar-refractivity contribution is 0.390. The predicted octanol–water partition coefficient (Wildman–Crippen LogP) is 3.83. The summed E-state index contributed by atoms with van der Waals surface area (Å²) in [6.45, 7) is 7.83. The molecule has 2 aromatic rings. The number of hydrogen-bond acceptors (Lipinski definition) is 4. The predicted molar refractivity (Wildman–Crippen MR) is 87.8 cm³/mol. The number of nitrogens with zero attached hydrogens (tertiary/aromatic N) is 1. The third-order valence-electron chi connectivity index (χ3n) is 4.07. The Labute approximate surface area is 124 Å². The maximum atomic E-state index is 4.81. The van der Waals surface area contributed by atoms with E-state index in [4.69, 9.17) is 4.98 Å². The van der Waals surface area contributed by atoms with Gasteiger partial charge in [0.05, 0.1) is 10.2 Å². The molecule has 0 aliphatic carbocycles. The van der Waals surface area contributed by atoms with Gasteiger partial charge in [0, 0.05) is 6.54 Å². The van der Waals surface area contributed by atoms with Crippen molar-refractivity contribution in [3.8, 4) is 0 Å². The standard InChI is InChI=1S/C16H23N3S/c1-11(2)13-4-3-5-14-15(13)19-16(20-14)18-10-12-6-8-17-9-7-12/h3-5,11-12,17H,6-10H2,1-2H3,(H,18,19). The number of nitrogens with one attached hydrogen (secondary N) is 2. The molecule has 108 valence electrons. The minimum absolute atomic E-state index is 0.526. The molecule has 3 rings (SSSR count). The largest absolute Gasteiger partial charge is 0.361 e. The molecule has 1 saturated heterocycles. The Kier molecular flexibility index (Phi) is 4.22. The molecule has 3 nitrogen and oxygen atoms in total. The van der Waals surface area contributed by atoms with Gasteiger partial charge in [-0.3, -0.25) is 0 Å². The van der Waals surface area contributed by atoms with Crippen LogP contribution in [0.2, 0.25) is 0 Å². The van der Waals surface area contributed by atoms with Crippen molar-refractivity contribution < 1.29 is 0 Å². The fourth-order valence-electron chi connectivity index (χ4n) is 2.83. The Morgan fingerprint density at radius 3 is 2.90 bits per heavy atom. The highest BCUT2D eigenvalue weighted by molar-refractivity contribution is 7.22. The van der Waals surface area contributed by atoms with Crippen LogP contribution in [-0.4, -0.2) is 24.6 Å². The molecule has 1 aromatic carbocycles. The first-order chi connectivity index (χ1) is 9.74. The highest BCUT2D eigenvalue weighted by Crippen LogP contribution is 2.31. The van der Waals surface area contributed by atoms with E-state index in [2.05, 4.69) is 42.7 Å². The molecule has 1 aliphatic rings. The summed E-state index contributed by atoms with van der Waals surface area (Å²) in [6, 6.07) is 6.52. The van der Waals surface area contributed by atoms with E-state index in [1.807, 2.05) is 0 Å². The average molecular weight is 289 g/mol. The van der Waals surface area contributed by atoms with Crippen molar-refractivity contribution in [3.05, 3.63) is 23.8 Å². The van der Waals surface area contributed by atoms with Gasteiger partial charge in [0.1, 0.15) is 0 Å².